The molecule has 1 aromatic rings. The van der Waals surface area contributed by atoms with Gasteiger partial charge >= 0.3 is 5.97 Å². The summed E-state index contributed by atoms with van der Waals surface area (Å²) in [4.78, 5) is 10.6. The van der Waals surface area contributed by atoms with Gasteiger partial charge in [-0.25, -0.2) is 17.6 Å². The van der Waals surface area contributed by atoms with Crippen LogP contribution >= 0.6 is 0 Å². The van der Waals surface area contributed by atoms with Crippen molar-refractivity contribution in [1.29, 1.82) is 0 Å². The summed E-state index contributed by atoms with van der Waals surface area (Å²) in [6, 6.07) is 2.85. The van der Waals surface area contributed by atoms with Gasteiger partial charge < -0.3 is 5.11 Å². The van der Waals surface area contributed by atoms with Crippen LogP contribution in [0.5, 0.6) is 0 Å². The molecule has 1 aromatic carbocycles. The first-order chi connectivity index (χ1) is 8.74. The molecule has 0 spiro atoms. The molecule has 0 saturated carbocycles. The van der Waals surface area contributed by atoms with Gasteiger partial charge in [-0.15, -0.1) is 0 Å². The van der Waals surface area contributed by atoms with E-state index in [-0.39, 0.29) is 10.6 Å². The SMILES string of the molecule is CC(C)CCCS(=O)(=O)c1ccc(F)c(C(=O)O)c1. The lowest BCUT2D eigenvalue weighted by Crippen LogP contribution is -2.10. The largest absolute Gasteiger partial charge is 0.478 e. The maximum atomic E-state index is 13.2. The van der Waals surface area contributed by atoms with Crippen LogP contribution in [0.25, 0.3) is 0 Å². The van der Waals surface area contributed by atoms with Gasteiger partial charge in [0, 0.05) is 0 Å². The maximum absolute atomic E-state index is 13.2. The highest BCUT2D eigenvalue weighted by atomic mass is 32.2. The lowest BCUT2D eigenvalue weighted by Gasteiger charge is -2.07. The zero-order valence-electron chi connectivity index (χ0n) is 10.9. The lowest BCUT2D eigenvalue weighted by atomic mass is 10.1. The van der Waals surface area contributed by atoms with Gasteiger partial charge in [0.15, 0.2) is 9.84 Å². The Kier molecular flexibility index (Phi) is 5.05. The molecule has 19 heavy (non-hydrogen) atoms. The minimum Gasteiger partial charge on any atom is -0.478 e. The quantitative estimate of drug-likeness (QED) is 0.817. The van der Waals surface area contributed by atoms with Gasteiger partial charge in [0.05, 0.1) is 16.2 Å². The van der Waals surface area contributed by atoms with Crippen LogP contribution in [0.2, 0.25) is 0 Å². The van der Waals surface area contributed by atoms with Crippen molar-refractivity contribution < 1.29 is 22.7 Å². The van der Waals surface area contributed by atoms with Crippen LogP contribution in [0.15, 0.2) is 23.1 Å². The summed E-state index contributed by atoms with van der Waals surface area (Å²) in [7, 11) is -3.56. The molecule has 0 saturated heterocycles. The normalized spacial score (nSPS) is 11.8. The summed E-state index contributed by atoms with van der Waals surface area (Å²) in [5.41, 5.74) is -0.620. The molecule has 0 radical (unpaired) electrons. The van der Waals surface area contributed by atoms with Crippen LogP contribution in [0, 0.1) is 11.7 Å². The van der Waals surface area contributed by atoms with Crippen molar-refractivity contribution in [2.75, 3.05) is 5.75 Å². The Morgan fingerprint density at radius 3 is 2.53 bits per heavy atom. The average Bonchev–Trinajstić information content (AvgIpc) is 2.27. The lowest BCUT2D eigenvalue weighted by molar-refractivity contribution is 0.0691. The number of carbonyl (C=O) groups is 1. The minimum absolute atomic E-state index is 0.0597. The van der Waals surface area contributed by atoms with E-state index in [0.717, 1.165) is 24.6 Å². The van der Waals surface area contributed by atoms with Crippen molar-refractivity contribution in [1.82, 2.24) is 0 Å². The van der Waals surface area contributed by atoms with Crippen LogP contribution in [-0.2, 0) is 9.84 Å². The third kappa shape index (κ3) is 4.31. The maximum Gasteiger partial charge on any atom is 0.338 e. The van der Waals surface area contributed by atoms with Gasteiger partial charge in [-0.05, 0) is 37.0 Å². The Morgan fingerprint density at radius 2 is 2.00 bits per heavy atom. The van der Waals surface area contributed by atoms with Crippen LogP contribution in [0.4, 0.5) is 4.39 Å². The summed E-state index contributed by atoms with van der Waals surface area (Å²) in [6.07, 6.45) is 1.27. The van der Waals surface area contributed by atoms with Crippen LogP contribution in [0.3, 0.4) is 0 Å². The molecule has 0 atom stereocenters. The summed E-state index contributed by atoms with van der Waals surface area (Å²) < 4.78 is 37.2. The monoisotopic (exact) mass is 288 g/mol. The molecule has 0 aliphatic carbocycles. The molecule has 1 rings (SSSR count). The Hall–Kier alpha value is -1.43. The van der Waals surface area contributed by atoms with E-state index in [0.29, 0.717) is 12.3 Å². The standard InChI is InChI=1S/C13H17FO4S/c1-9(2)4-3-7-19(17,18)10-5-6-12(14)11(8-10)13(15)16/h5-6,8-9H,3-4,7H2,1-2H3,(H,15,16). The van der Waals surface area contributed by atoms with Gasteiger partial charge in [0.2, 0.25) is 0 Å². The number of hydrogen-bond acceptors (Lipinski definition) is 3. The Labute approximate surface area is 112 Å². The molecule has 0 bridgehead atoms. The van der Waals surface area contributed by atoms with Crippen LogP contribution in [-0.4, -0.2) is 25.2 Å². The molecule has 0 heterocycles. The van der Waals surface area contributed by atoms with Gasteiger partial charge in [-0.3, -0.25) is 0 Å². The molecule has 0 aliphatic heterocycles. The Morgan fingerprint density at radius 1 is 1.37 bits per heavy atom. The van der Waals surface area contributed by atoms with Gasteiger partial charge in [0.1, 0.15) is 5.82 Å². The first kappa shape index (κ1) is 15.6. The topological polar surface area (TPSA) is 71.4 Å². The van der Waals surface area contributed by atoms with E-state index in [1.54, 1.807) is 0 Å². The summed E-state index contributed by atoms with van der Waals surface area (Å²) in [5.74, 6) is -2.07. The van der Waals surface area contributed by atoms with Gasteiger partial charge in [-0.1, -0.05) is 13.8 Å². The number of carboxylic acids is 1. The fourth-order valence-corrected chi connectivity index (χ4v) is 3.02. The number of aromatic carboxylic acids is 1. The van der Waals surface area contributed by atoms with Crippen molar-refractivity contribution in [2.24, 2.45) is 5.92 Å². The molecule has 0 aliphatic rings. The fourth-order valence-electron chi connectivity index (χ4n) is 1.66. The van der Waals surface area contributed by atoms with E-state index < -0.39 is 27.2 Å². The van der Waals surface area contributed by atoms with Crippen molar-refractivity contribution >= 4 is 15.8 Å². The zero-order valence-corrected chi connectivity index (χ0v) is 11.7. The molecule has 1 N–H and O–H groups in total. The molecule has 0 aromatic heterocycles. The predicted octanol–water partition coefficient (Wildman–Crippen LogP) is 2.73. The molecule has 0 unspecified atom stereocenters. The number of carboxylic acid groups (broad SMARTS) is 1. The van der Waals surface area contributed by atoms with E-state index in [9.17, 15) is 17.6 Å². The number of rotatable bonds is 6. The first-order valence-corrected chi connectivity index (χ1v) is 7.65. The van der Waals surface area contributed by atoms with Crippen molar-refractivity contribution in [2.45, 2.75) is 31.6 Å². The molecule has 4 nitrogen and oxygen atoms in total. The smallest absolute Gasteiger partial charge is 0.338 e. The van der Waals surface area contributed by atoms with E-state index in [1.807, 2.05) is 13.8 Å². The van der Waals surface area contributed by atoms with Crippen LogP contribution in [0.1, 0.15) is 37.0 Å². The van der Waals surface area contributed by atoms with E-state index in [2.05, 4.69) is 0 Å². The van der Waals surface area contributed by atoms with E-state index in [4.69, 9.17) is 5.11 Å². The van der Waals surface area contributed by atoms with Gasteiger partial charge in [0.25, 0.3) is 0 Å². The van der Waals surface area contributed by atoms with E-state index >= 15 is 0 Å². The predicted molar refractivity (Wildman–Crippen MR) is 69.5 cm³/mol. The third-order valence-electron chi connectivity index (χ3n) is 2.72. The molecule has 0 fully saturated rings. The van der Waals surface area contributed by atoms with Crippen molar-refractivity contribution in [3.8, 4) is 0 Å². The second-order valence-electron chi connectivity index (χ2n) is 4.80. The highest BCUT2D eigenvalue weighted by molar-refractivity contribution is 7.91. The number of benzene rings is 1. The molecular formula is C13H17FO4S. The zero-order chi connectivity index (χ0) is 14.6. The fraction of sp³-hybridized carbons (Fsp3) is 0.462. The van der Waals surface area contributed by atoms with E-state index in [1.165, 1.54) is 0 Å². The molecule has 0 amide bonds. The number of halogens is 1. The average molecular weight is 288 g/mol. The van der Waals surface area contributed by atoms with Crippen molar-refractivity contribution in [3.05, 3.63) is 29.6 Å². The number of hydrogen-bond donors (Lipinski definition) is 1. The second kappa shape index (κ2) is 6.14. The minimum atomic E-state index is -3.56. The third-order valence-corrected chi connectivity index (χ3v) is 4.52. The molecule has 6 heteroatoms. The highest BCUT2D eigenvalue weighted by Gasteiger charge is 2.19. The summed E-state index contributed by atoms with van der Waals surface area (Å²) in [5, 5.41) is 8.77. The Bertz CT molecular complexity index is 564. The van der Waals surface area contributed by atoms with Crippen LogP contribution < -0.4 is 0 Å². The van der Waals surface area contributed by atoms with Gasteiger partial charge in [-0.2, -0.15) is 0 Å². The number of sulfone groups is 1. The van der Waals surface area contributed by atoms with Crippen molar-refractivity contribution in [3.63, 3.8) is 0 Å². The highest BCUT2D eigenvalue weighted by Crippen LogP contribution is 2.18. The second-order valence-corrected chi connectivity index (χ2v) is 6.91. The first-order valence-electron chi connectivity index (χ1n) is 5.99. The Balaban J connectivity index is 2.96. The summed E-state index contributed by atoms with van der Waals surface area (Å²) in [6.45, 7) is 3.99. The molecule has 106 valence electrons. The summed E-state index contributed by atoms with van der Waals surface area (Å²) >= 11 is 0. The molecular weight excluding hydrogens is 271 g/mol.